The molecule has 0 aromatic heterocycles. The Morgan fingerprint density at radius 3 is 2.55 bits per heavy atom. The predicted octanol–water partition coefficient (Wildman–Crippen LogP) is 2.56. The fraction of sp³-hybridized carbons (Fsp3) is 0.412. The minimum Gasteiger partial charge on any atom is -0.494 e. The Kier molecular flexibility index (Phi) is 8.42. The lowest BCUT2D eigenvalue weighted by Crippen LogP contribution is -2.24. The molecule has 0 atom stereocenters. The van der Waals surface area contributed by atoms with Crippen LogP contribution in [0, 0.1) is 0 Å². The Bertz CT molecular complexity index is 494. The van der Waals surface area contributed by atoms with Gasteiger partial charge in [-0.3, -0.25) is 9.59 Å². The first kappa shape index (κ1) is 17.8. The van der Waals surface area contributed by atoms with Crippen LogP contribution in [0.4, 0.5) is 0 Å². The first-order chi connectivity index (χ1) is 10.7. The largest absolute Gasteiger partial charge is 0.494 e. The molecule has 0 saturated carbocycles. The molecule has 0 heterocycles. The molecule has 0 saturated heterocycles. The van der Waals surface area contributed by atoms with E-state index in [2.05, 4.69) is 12.2 Å². The summed E-state index contributed by atoms with van der Waals surface area (Å²) in [4.78, 5) is 22.7. The van der Waals surface area contributed by atoms with Crippen LogP contribution in [0.15, 0.2) is 30.3 Å². The van der Waals surface area contributed by atoms with E-state index in [-0.39, 0.29) is 24.8 Å². The lowest BCUT2D eigenvalue weighted by molar-refractivity contribution is -0.142. The van der Waals surface area contributed by atoms with Crippen LogP contribution in [0.1, 0.15) is 32.3 Å². The van der Waals surface area contributed by atoms with Crippen molar-refractivity contribution < 1.29 is 19.1 Å². The summed E-state index contributed by atoms with van der Waals surface area (Å²) in [7, 11) is 0. The molecule has 120 valence electrons. The van der Waals surface area contributed by atoms with E-state index in [9.17, 15) is 9.59 Å². The normalized spacial score (nSPS) is 10.5. The maximum Gasteiger partial charge on any atom is 0.307 e. The van der Waals surface area contributed by atoms with Crippen molar-refractivity contribution in [2.24, 2.45) is 0 Å². The molecule has 1 aromatic rings. The van der Waals surface area contributed by atoms with Crippen molar-refractivity contribution in [1.29, 1.82) is 0 Å². The highest BCUT2D eigenvalue weighted by Crippen LogP contribution is 2.13. The molecule has 5 nitrogen and oxygen atoms in total. The average molecular weight is 305 g/mol. The summed E-state index contributed by atoms with van der Waals surface area (Å²) >= 11 is 0. The van der Waals surface area contributed by atoms with Gasteiger partial charge in [-0.2, -0.15) is 0 Å². The van der Waals surface area contributed by atoms with E-state index in [4.69, 9.17) is 9.47 Å². The number of nitrogens with one attached hydrogen (secondary N) is 1. The zero-order valence-corrected chi connectivity index (χ0v) is 13.1. The Labute approximate surface area is 131 Å². The van der Waals surface area contributed by atoms with Gasteiger partial charge in [0.15, 0.2) is 0 Å². The van der Waals surface area contributed by atoms with Gasteiger partial charge in [-0.1, -0.05) is 19.1 Å². The number of carbonyl (C=O) groups excluding carboxylic acids is 2. The summed E-state index contributed by atoms with van der Waals surface area (Å²) in [6, 6.07) is 7.50. The molecule has 1 aromatic carbocycles. The number of rotatable bonds is 9. The smallest absolute Gasteiger partial charge is 0.307 e. The van der Waals surface area contributed by atoms with Gasteiger partial charge in [-0.25, -0.2) is 0 Å². The number of amides is 1. The minimum atomic E-state index is -0.311. The SMILES string of the molecule is CCCOc1ccc(/C=C/C(=O)NCCC(=O)OCC)cc1. The average Bonchev–Trinajstić information content (AvgIpc) is 2.52. The van der Waals surface area contributed by atoms with E-state index in [0.29, 0.717) is 13.2 Å². The number of carbonyl (C=O) groups is 2. The number of benzene rings is 1. The first-order valence-electron chi connectivity index (χ1n) is 7.50. The van der Waals surface area contributed by atoms with E-state index >= 15 is 0 Å². The van der Waals surface area contributed by atoms with Crippen LogP contribution >= 0.6 is 0 Å². The van der Waals surface area contributed by atoms with E-state index in [0.717, 1.165) is 17.7 Å². The van der Waals surface area contributed by atoms with Crippen molar-refractivity contribution in [1.82, 2.24) is 5.32 Å². The van der Waals surface area contributed by atoms with Gasteiger partial charge in [0.25, 0.3) is 0 Å². The molecule has 0 aliphatic rings. The van der Waals surface area contributed by atoms with Crippen LogP contribution in [0.5, 0.6) is 5.75 Å². The number of ether oxygens (including phenoxy) is 2. The van der Waals surface area contributed by atoms with Gasteiger partial charge in [0.2, 0.25) is 5.91 Å². The fourth-order valence-electron chi connectivity index (χ4n) is 1.65. The van der Waals surface area contributed by atoms with E-state index < -0.39 is 0 Å². The number of hydrogen-bond donors (Lipinski definition) is 1. The second kappa shape index (κ2) is 10.4. The standard InChI is InChI=1S/C17H23NO4/c1-3-13-22-15-8-5-14(6-9-15)7-10-16(19)18-12-11-17(20)21-4-2/h5-10H,3-4,11-13H2,1-2H3,(H,18,19)/b10-7+. The number of hydrogen-bond acceptors (Lipinski definition) is 4. The van der Waals surface area contributed by atoms with Gasteiger partial charge in [0.1, 0.15) is 5.75 Å². The van der Waals surface area contributed by atoms with Gasteiger partial charge in [-0.15, -0.1) is 0 Å². The molecule has 0 unspecified atom stereocenters. The van der Waals surface area contributed by atoms with E-state index in [1.165, 1.54) is 6.08 Å². The van der Waals surface area contributed by atoms with Gasteiger partial charge in [0.05, 0.1) is 19.6 Å². The van der Waals surface area contributed by atoms with Crippen LogP contribution in [0.2, 0.25) is 0 Å². The summed E-state index contributed by atoms with van der Waals surface area (Å²) < 4.78 is 10.3. The van der Waals surface area contributed by atoms with Gasteiger partial charge < -0.3 is 14.8 Å². The molecule has 0 aliphatic carbocycles. The third kappa shape index (κ3) is 7.47. The van der Waals surface area contributed by atoms with Crippen molar-refractivity contribution in [3.05, 3.63) is 35.9 Å². The highest BCUT2D eigenvalue weighted by atomic mass is 16.5. The highest BCUT2D eigenvalue weighted by Gasteiger charge is 2.02. The molecule has 5 heteroatoms. The molecular formula is C17H23NO4. The van der Waals surface area contributed by atoms with Crippen LogP contribution in [-0.2, 0) is 14.3 Å². The Hall–Kier alpha value is -2.30. The van der Waals surface area contributed by atoms with Crippen molar-refractivity contribution >= 4 is 18.0 Å². The summed E-state index contributed by atoms with van der Waals surface area (Å²) in [5.74, 6) is 0.267. The van der Waals surface area contributed by atoms with Crippen molar-refractivity contribution in [3.63, 3.8) is 0 Å². The third-order valence-electron chi connectivity index (χ3n) is 2.71. The summed E-state index contributed by atoms with van der Waals surface area (Å²) in [6.45, 7) is 5.12. The number of esters is 1. The predicted molar refractivity (Wildman–Crippen MR) is 85.5 cm³/mol. The molecule has 1 N–H and O–H groups in total. The van der Waals surface area contributed by atoms with Crippen molar-refractivity contribution in [3.8, 4) is 5.75 Å². The van der Waals surface area contributed by atoms with E-state index in [1.807, 2.05) is 24.3 Å². The van der Waals surface area contributed by atoms with Crippen LogP contribution in [0.3, 0.4) is 0 Å². The Morgan fingerprint density at radius 1 is 1.18 bits per heavy atom. The third-order valence-corrected chi connectivity index (χ3v) is 2.71. The maximum absolute atomic E-state index is 11.6. The summed E-state index contributed by atoms with van der Waals surface area (Å²) in [5.41, 5.74) is 0.907. The molecule has 0 aliphatic heterocycles. The topological polar surface area (TPSA) is 64.6 Å². The van der Waals surface area contributed by atoms with Gasteiger partial charge >= 0.3 is 5.97 Å². The quantitative estimate of drug-likeness (QED) is 0.562. The molecule has 0 bridgehead atoms. The lowest BCUT2D eigenvalue weighted by atomic mass is 10.2. The fourth-order valence-corrected chi connectivity index (χ4v) is 1.65. The monoisotopic (exact) mass is 305 g/mol. The molecule has 1 amide bonds. The molecule has 1 rings (SSSR count). The highest BCUT2D eigenvalue weighted by molar-refractivity contribution is 5.91. The lowest BCUT2D eigenvalue weighted by Gasteiger charge is -2.04. The second-order valence-electron chi connectivity index (χ2n) is 4.60. The second-order valence-corrected chi connectivity index (χ2v) is 4.60. The molecule has 22 heavy (non-hydrogen) atoms. The Balaban J connectivity index is 2.34. The molecule has 0 spiro atoms. The molecular weight excluding hydrogens is 282 g/mol. The van der Waals surface area contributed by atoms with Gasteiger partial charge in [0, 0.05) is 12.6 Å². The van der Waals surface area contributed by atoms with Crippen LogP contribution in [-0.4, -0.2) is 31.6 Å². The zero-order chi connectivity index (χ0) is 16.2. The molecule has 0 radical (unpaired) electrons. The van der Waals surface area contributed by atoms with Crippen LogP contribution < -0.4 is 10.1 Å². The maximum atomic E-state index is 11.6. The van der Waals surface area contributed by atoms with Crippen molar-refractivity contribution in [2.45, 2.75) is 26.7 Å². The van der Waals surface area contributed by atoms with E-state index in [1.54, 1.807) is 13.0 Å². The van der Waals surface area contributed by atoms with Gasteiger partial charge in [-0.05, 0) is 37.1 Å². The summed E-state index contributed by atoms with van der Waals surface area (Å²) in [5, 5.41) is 2.63. The van der Waals surface area contributed by atoms with Crippen molar-refractivity contribution in [2.75, 3.05) is 19.8 Å². The zero-order valence-electron chi connectivity index (χ0n) is 13.1. The minimum absolute atomic E-state index is 0.177. The van der Waals surface area contributed by atoms with Crippen LogP contribution in [0.25, 0.3) is 6.08 Å². The molecule has 0 fully saturated rings. The summed E-state index contributed by atoms with van der Waals surface area (Å²) in [6.07, 6.45) is 4.29. The first-order valence-corrected chi connectivity index (χ1v) is 7.50. The Morgan fingerprint density at radius 2 is 1.91 bits per heavy atom.